The van der Waals surface area contributed by atoms with E-state index in [1.54, 1.807) is 0 Å². The van der Waals surface area contributed by atoms with Gasteiger partial charge in [-0.05, 0) is 30.3 Å². The highest BCUT2D eigenvalue weighted by molar-refractivity contribution is 9.10. The van der Waals surface area contributed by atoms with Crippen molar-refractivity contribution in [3.05, 3.63) is 59.1 Å². The van der Waals surface area contributed by atoms with Gasteiger partial charge in [0.05, 0.1) is 6.54 Å². The minimum absolute atomic E-state index is 0.383. The van der Waals surface area contributed by atoms with Gasteiger partial charge < -0.3 is 15.8 Å². The van der Waals surface area contributed by atoms with Gasteiger partial charge in [0.15, 0.2) is 5.96 Å². The average molecular weight is 334 g/mol. The number of rotatable bonds is 5. The van der Waals surface area contributed by atoms with Crippen LogP contribution in [0.15, 0.2) is 64.1 Å². The monoisotopic (exact) mass is 333 g/mol. The number of halogens is 1. The number of ether oxygens (including phenoxy) is 1. The fraction of sp³-hybridized carbons (Fsp3) is 0.133. The van der Waals surface area contributed by atoms with Crippen molar-refractivity contribution in [3.63, 3.8) is 0 Å². The Hall–Kier alpha value is -2.01. The van der Waals surface area contributed by atoms with Crippen LogP contribution >= 0.6 is 15.9 Å². The Bertz CT molecular complexity index is 572. The Morgan fingerprint density at radius 2 is 1.95 bits per heavy atom. The van der Waals surface area contributed by atoms with Crippen molar-refractivity contribution >= 4 is 27.6 Å². The van der Waals surface area contributed by atoms with Crippen molar-refractivity contribution in [3.8, 4) is 5.75 Å². The summed E-state index contributed by atoms with van der Waals surface area (Å²) in [6.45, 7) is 0.978. The number of nitrogens with one attached hydrogen (secondary N) is 1. The van der Waals surface area contributed by atoms with E-state index in [0.29, 0.717) is 19.1 Å². The van der Waals surface area contributed by atoms with E-state index in [4.69, 9.17) is 10.5 Å². The highest BCUT2D eigenvalue weighted by Crippen LogP contribution is 2.17. The van der Waals surface area contributed by atoms with E-state index in [9.17, 15) is 0 Å². The largest absolute Gasteiger partial charge is 0.492 e. The third-order valence-electron chi connectivity index (χ3n) is 2.48. The quantitative estimate of drug-likeness (QED) is 0.501. The van der Waals surface area contributed by atoms with E-state index in [1.165, 1.54) is 0 Å². The number of benzene rings is 2. The topological polar surface area (TPSA) is 59.6 Å². The number of para-hydroxylation sites is 1. The van der Waals surface area contributed by atoms with Gasteiger partial charge >= 0.3 is 0 Å². The van der Waals surface area contributed by atoms with E-state index in [1.807, 2.05) is 54.6 Å². The minimum atomic E-state index is 0.383. The van der Waals surface area contributed by atoms with Crippen LogP contribution < -0.4 is 15.8 Å². The third kappa shape index (κ3) is 4.93. The SMILES string of the molecule is NC(=NCCOc1cccc(Br)c1)Nc1ccccc1. The summed E-state index contributed by atoms with van der Waals surface area (Å²) in [7, 11) is 0. The second-order valence-electron chi connectivity index (χ2n) is 4.06. The van der Waals surface area contributed by atoms with E-state index in [0.717, 1.165) is 15.9 Å². The Balaban J connectivity index is 1.76. The van der Waals surface area contributed by atoms with E-state index in [-0.39, 0.29) is 0 Å². The number of nitrogens with zero attached hydrogens (tertiary/aromatic N) is 1. The Kier molecular flexibility index (Phi) is 5.43. The molecule has 5 heteroatoms. The molecule has 0 spiro atoms. The Morgan fingerprint density at radius 3 is 2.70 bits per heavy atom. The summed E-state index contributed by atoms with van der Waals surface area (Å²) in [5.74, 6) is 1.19. The lowest BCUT2D eigenvalue weighted by Gasteiger charge is -2.06. The Morgan fingerprint density at radius 1 is 1.15 bits per heavy atom. The predicted octanol–water partition coefficient (Wildman–Crippen LogP) is 3.25. The summed E-state index contributed by atoms with van der Waals surface area (Å²) in [6, 6.07) is 17.4. The maximum atomic E-state index is 5.79. The summed E-state index contributed by atoms with van der Waals surface area (Å²) in [6.07, 6.45) is 0. The van der Waals surface area contributed by atoms with Gasteiger partial charge in [0, 0.05) is 10.2 Å². The van der Waals surface area contributed by atoms with Gasteiger partial charge in [0.25, 0.3) is 0 Å². The molecule has 2 aromatic rings. The van der Waals surface area contributed by atoms with E-state index >= 15 is 0 Å². The fourth-order valence-corrected chi connectivity index (χ4v) is 1.97. The lowest BCUT2D eigenvalue weighted by Crippen LogP contribution is -2.23. The van der Waals surface area contributed by atoms with Crippen LogP contribution in [0.2, 0.25) is 0 Å². The summed E-state index contributed by atoms with van der Waals surface area (Å²) in [4.78, 5) is 4.20. The van der Waals surface area contributed by atoms with Gasteiger partial charge in [-0.15, -0.1) is 0 Å². The maximum absolute atomic E-state index is 5.79. The molecule has 0 amide bonds. The van der Waals surface area contributed by atoms with Gasteiger partial charge in [-0.2, -0.15) is 0 Å². The summed E-state index contributed by atoms with van der Waals surface area (Å²) in [5.41, 5.74) is 6.70. The summed E-state index contributed by atoms with van der Waals surface area (Å²) >= 11 is 3.39. The van der Waals surface area contributed by atoms with E-state index < -0.39 is 0 Å². The minimum Gasteiger partial charge on any atom is -0.492 e. The first-order valence-corrected chi connectivity index (χ1v) is 7.04. The van der Waals surface area contributed by atoms with Gasteiger partial charge in [0.1, 0.15) is 12.4 Å². The second kappa shape index (κ2) is 7.55. The average Bonchev–Trinajstić information content (AvgIpc) is 2.45. The van der Waals surface area contributed by atoms with Crippen LogP contribution in [0.25, 0.3) is 0 Å². The number of hydrogen-bond donors (Lipinski definition) is 2. The van der Waals surface area contributed by atoms with Crippen molar-refractivity contribution in [2.75, 3.05) is 18.5 Å². The summed E-state index contributed by atoms with van der Waals surface area (Å²) < 4.78 is 6.56. The van der Waals surface area contributed by atoms with Crippen molar-refractivity contribution in [1.29, 1.82) is 0 Å². The zero-order valence-corrected chi connectivity index (χ0v) is 12.5. The smallest absolute Gasteiger partial charge is 0.193 e. The molecule has 0 aliphatic heterocycles. The van der Waals surface area contributed by atoms with Crippen LogP contribution in [0.1, 0.15) is 0 Å². The molecule has 2 rings (SSSR count). The molecular weight excluding hydrogens is 318 g/mol. The predicted molar refractivity (Wildman–Crippen MR) is 86.2 cm³/mol. The van der Waals surface area contributed by atoms with Crippen molar-refractivity contribution < 1.29 is 4.74 Å². The van der Waals surface area contributed by atoms with Crippen LogP contribution in [0.3, 0.4) is 0 Å². The zero-order valence-electron chi connectivity index (χ0n) is 10.9. The highest BCUT2D eigenvalue weighted by atomic mass is 79.9. The van der Waals surface area contributed by atoms with Gasteiger partial charge in [-0.25, -0.2) is 4.99 Å². The van der Waals surface area contributed by atoms with Crippen LogP contribution in [0.5, 0.6) is 5.75 Å². The molecule has 2 aromatic carbocycles. The molecule has 0 unspecified atom stereocenters. The third-order valence-corrected chi connectivity index (χ3v) is 2.98. The molecule has 0 heterocycles. The standard InChI is InChI=1S/C15H16BrN3O/c16-12-5-4-8-14(11-12)20-10-9-18-15(17)19-13-6-2-1-3-7-13/h1-8,11H,9-10H2,(H3,17,18,19). The fourth-order valence-electron chi connectivity index (χ4n) is 1.60. The van der Waals surface area contributed by atoms with Crippen molar-refractivity contribution in [2.45, 2.75) is 0 Å². The van der Waals surface area contributed by atoms with Gasteiger partial charge in [-0.1, -0.05) is 40.2 Å². The molecule has 104 valence electrons. The van der Waals surface area contributed by atoms with Gasteiger partial charge in [-0.3, -0.25) is 0 Å². The lowest BCUT2D eigenvalue weighted by molar-refractivity contribution is 0.328. The lowest BCUT2D eigenvalue weighted by atomic mass is 10.3. The van der Waals surface area contributed by atoms with E-state index in [2.05, 4.69) is 26.2 Å². The highest BCUT2D eigenvalue weighted by Gasteiger charge is 1.95. The van der Waals surface area contributed by atoms with Crippen LogP contribution in [0.4, 0.5) is 5.69 Å². The van der Waals surface area contributed by atoms with Crippen molar-refractivity contribution in [2.24, 2.45) is 10.7 Å². The van der Waals surface area contributed by atoms with Crippen LogP contribution in [-0.4, -0.2) is 19.1 Å². The first-order valence-electron chi connectivity index (χ1n) is 6.24. The molecule has 20 heavy (non-hydrogen) atoms. The zero-order chi connectivity index (χ0) is 14.2. The normalized spacial score (nSPS) is 11.2. The molecule has 0 saturated heterocycles. The van der Waals surface area contributed by atoms with Crippen LogP contribution in [-0.2, 0) is 0 Å². The summed E-state index contributed by atoms with van der Waals surface area (Å²) in [5, 5.41) is 3.01. The molecule has 3 N–H and O–H groups in total. The molecule has 0 atom stereocenters. The van der Waals surface area contributed by atoms with Crippen molar-refractivity contribution in [1.82, 2.24) is 0 Å². The molecule has 0 aliphatic rings. The first-order chi connectivity index (χ1) is 9.74. The number of anilines is 1. The van der Waals surface area contributed by atoms with Crippen LogP contribution in [0, 0.1) is 0 Å². The molecule has 0 radical (unpaired) electrons. The number of aliphatic imine (C=N–C) groups is 1. The molecule has 0 bridgehead atoms. The molecule has 0 aromatic heterocycles. The first kappa shape index (κ1) is 14.4. The number of guanidine groups is 1. The second-order valence-corrected chi connectivity index (χ2v) is 4.98. The maximum Gasteiger partial charge on any atom is 0.193 e. The molecular formula is C15H16BrN3O. The molecule has 4 nitrogen and oxygen atoms in total. The molecule has 0 fully saturated rings. The van der Waals surface area contributed by atoms with Gasteiger partial charge in [0.2, 0.25) is 0 Å². The number of nitrogens with two attached hydrogens (primary N) is 1. The molecule has 0 aliphatic carbocycles. The Labute approximate surface area is 126 Å². The molecule has 0 saturated carbocycles. The number of hydrogen-bond acceptors (Lipinski definition) is 2.